The van der Waals surface area contributed by atoms with Crippen LogP contribution in [-0.2, 0) is 23.9 Å². The molecular weight excluding hydrogens is 302 g/mol. The van der Waals surface area contributed by atoms with Crippen LogP contribution in [0, 0.1) is 5.92 Å². The minimum atomic E-state index is -0.913. The maximum absolute atomic E-state index is 12.2. The van der Waals surface area contributed by atoms with E-state index in [4.69, 9.17) is 4.74 Å². The molecule has 4 unspecified atom stereocenters. The molecule has 0 radical (unpaired) electrons. The van der Waals surface area contributed by atoms with Crippen molar-refractivity contribution in [3.8, 4) is 0 Å². The zero-order valence-corrected chi connectivity index (χ0v) is 14.2. The molecule has 2 N–H and O–H groups in total. The Morgan fingerprint density at radius 1 is 1.22 bits per heavy atom. The summed E-state index contributed by atoms with van der Waals surface area (Å²) in [6.45, 7) is 8.53. The van der Waals surface area contributed by atoms with Crippen molar-refractivity contribution < 1.29 is 23.9 Å². The highest BCUT2D eigenvalue weighted by molar-refractivity contribution is 6.06. The van der Waals surface area contributed by atoms with Crippen molar-refractivity contribution in [1.82, 2.24) is 15.5 Å². The van der Waals surface area contributed by atoms with Crippen LogP contribution in [-0.4, -0.2) is 53.4 Å². The molecule has 0 spiro atoms. The third-order valence-corrected chi connectivity index (χ3v) is 3.68. The molecule has 4 amide bonds. The Hall–Kier alpha value is -1.96. The summed E-state index contributed by atoms with van der Waals surface area (Å²) in [6.07, 6.45) is -1.15. The quantitative estimate of drug-likeness (QED) is 0.496. The van der Waals surface area contributed by atoms with Crippen molar-refractivity contribution >= 4 is 23.6 Å². The first kappa shape index (κ1) is 19.1. The Morgan fingerprint density at radius 3 is 2.26 bits per heavy atom. The number of rotatable bonds is 7. The van der Waals surface area contributed by atoms with E-state index < -0.39 is 30.1 Å². The second-order valence-corrected chi connectivity index (χ2v) is 5.72. The standard InChI is InChI=1S/C15H25N3O5/c1-6-23-10(4)14(21)17-11(5)16-13(20)9(3)18-12(19)7-8(2)15(18)22/h8-11H,6-7H2,1-5H3,(H,16,20)(H,17,21). The zero-order valence-electron chi connectivity index (χ0n) is 14.2. The Labute approximate surface area is 135 Å². The maximum Gasteiger partial charge on any atom is 0.250 e. The number of nitrogens with zero attached hydrogens (tertiary/aromatic N) is 1. The lowest BCUT2D eigenvalue weighted by molar-refractivity contribution is -0.147. The molecule has 1 aliphatic rings. The minimum Gasteiger partial charge on any atom is -0.369 e. The van der Waals surface area contributed by atoms with Gasteiger partial charge in [-0.15, -0.1) is 0 Å². The smallest absolute Gasteiger partial charge is 0.250 e. The van der Waals surface area contributed by atoms with Gasteiger partial charge >= 0.3 is 0 Å². The van der Waals surface area contributed by atoms with E-state index in [2.05, 4.69) is 10.6 Å². The number of hydrogen-bond donors (Lipinski definition) is 2. The van der Waals surface area contributed by atoms with E-state index in [9.17, 15) is 19.2 Å². The molecule has 4 atom stereocenters. The number of carbonyl (C=O) groups excluding carboxylic acids is 4. The van der Waals surface area contributed by atoms with Gasteiger partial charge in [-0.2, -0.15) is 0 Å². The molecular formula is C15H25N3O5. The first-order valence-electron chi connectivity index (χ1n) is 7.77. The summed E-state index contributed by atoms with van der Waals surface area (Å²) in [6, 6.07) is -0.913. The van der Waals surface area contributed by atoms with Crippen LogP contribution < -0.4 is 10.6 Å². The first-order valence-corrected chi connectivity index (χ1v) is 7.77. The Balaban J connectivity index is 2.56. The third kappa shape index (κ3) is 4.75. The highest BCUT2D eigenvalue weighted by atomic mass is 16.5. The predicted octanol–water partition coefficient (Wildman–Crippen LogP) is -0.227. The lowest BCUT2D eigenvalue weighted by atomic mass is 10.1. The number of nitrogens with one attached hydrogen (secondary N) is 2. The second kappa shape index (κ2) is 8.05. The van der Waals surface area contributed by atoms with Crippen molar-refractivity contribution in [1.29, 1.82) is 0 Å². The van der Waals surface area contributed by atoms with Gasteiger partial charge in [0.25, 0.3) is 0 Å². The van der Waals surface area contributed by atoms with E-state index in [0.29, 0.717) is 6.61 Å². The largest absolute Gasteiger partial charge is 0.369 e. The average molecular weight is 327 g/mol. The van der Waals surface area contributed by atoms with Gasteiger partial charge in [-0.25, -0.2) is 0 Å². The van der Waals surface area contributed by atoms with Crippen LogP contribution in [0.25, 0.3) is 0 Å². The summed E-state index contributed by atoms with van der Waals surface area (Å²) in [7, 11) is 0. The minimum absolute atomic E-state index is 0.120. The lowest BCUT2D eigenvalue weighted by Gasteiger charge is -2.25. The Morgan fingerprint density at radius 2 is 1.78 bits per heavy atom. The molecule has 23 heavy (non-hydrogen) atoms. The molecule has 0 aromatic rings. The van der Waals surface area contributed by atoms with Crippen LogP contribution in [0.1, 0.15) is 41.0 Å². The topological polar surface area (TPSA) is 105 Å². The number of ether oxygens (including phenoxy) is 1. The first-order chi connectivity index (χ1) is 10.7. The number of hydrogen-bond acceptors (Lipinski definition) is 5. The van der Waals surface area contributed by atoms with Crippen LogP contribution in [0.15, 0.2) is 0 Å². The Bertz CT molecular complexity index is 494. The van der Waals surface area contributed by atoms with Gasteiger partial charge < -0.3 is 15.4 Å². The lowest BCUT2D eigenvalue weighted by Crippen LogP contribution is -2.55. The SMILES string of the molecule is CCOC(C)C(=O)NC(C)NC(=O)C(C)N1C(=O)CC(C)C1=O. The number of carbonyl (C=O) groups is 4. The summed E-state index contributed by atoms with van der Waals surface area (Å²) in [5, 5.41) is 5.16. The van der Waals surface area contributed by atoms with Gasteiger partial charge in [0.05, 0.1) is 6.17 Å². The molecule has 1 rings (SSSR count). The van der Waals surface area contributed by atoms with Crippen molar-refractivity contribution in [2.45, 2.75) is 59.4 Å². The molecule has 1 heterocycles. The van der Waals surface area contributed by atoms with E-state index in [1.54, 1.807) is 27.7 Å². The summed E-state index contributed by atoms with van der Waals surface area (Å²) in [4.78, 5) is 48.7. The van der Waals surface area contributed by atoms with Gasteiger partial charge in [-0.05, 0) is 27.7 Å². The third-order valence-electron chi connectivity index (χ3n) is 3.68. The zero-order chi connectivity index (χ0) is 17.7. The van der Waals surface area contributed by atoms with Crippen LogP contribution in [0.3, 0.4) is 0 Å². The molecule has 0 aliphatic carbocycles. The van der Waals surface area contributed by atoms with Gasteiger partial charge in [0, 0.05) is 18.9 Å². The van der Waals surface area contributed by atoms with Gasteiger partial charge in [-0.3, -0.25) is 24.1 Å². The summed E-state index contributed by atoms with van der Waals surface area (Å²) < 4.78 is 5.16. The maximum atomic E-state index is 12.2. The van der Waals surface area contributed by atoms with Crippen molar-refractivity contribution in [3.05, 3.63) is 0 Å². The molecule has 130 valence electrons. The van der Waals surface area contributed by atoms with Crippen LogP contribution >= 0.6 is 0 Å². The predicted molar refractivity (Wildman–Crippen MR) is 81.9 cm³/mol. The second-order valence-electron chi connectivity index (χ2n) is 5.72. The molecule has 1 fully saturated rings. The Kier molecular flexibility index (Phi) is 6.68. The molecule has 8 heteroatoms. The van der Waals surface area contributed by atoms with E-state index in [1.165, 1.54) is 6.92 Å². The molecule has 0 saturated carbocycles. The average Bonchev–Trinajstić information content (AvgIpc) is 2.71. The fourth-order valence-corrected chi connectivity index (χ4v) is 2.36. The highest BCUT2D eigenvalue weighted by Crippen LogP contribution is 2.21. The van der Waals surface area contributed by atoms with E-state index in [1.807, 2.05) is 0 Å². The van der Waals surface area contributed by atoms with Crippen molar-refractivity contribution in [2.75, 3.05) is 6.61 Å². The molecule has 0 aromatic heterocycles. The van der Waals surface area contributed by atoms with Crippen LogP contribution in [0.2, 0.25) is 0 Å². The van der Waals surface area contributed by atoms with Crippen LogP contribution in [0.4, 0.5) is 0 Å². The van der Waals surface area contributed by atoms with E-state index in [-0.39, 0.29) is 24.1 Å². The van der Waals surface area contributed by atoms with Crippen molar-refractivity contribution in [3.63, 3.8) is 0 Å². The summed E-state index contributed by atoms with van der Waals surface area (Å²) in [5.74, 6) is -1.96. The molecule has 8 nitrogen and oxygen atoms in total. The van der Waals surface area contributed by atoms with Crippen LogP contribution in [0.5, 0.6) is 0 Å². The molecule has 1 aliphatic heterocycles. The molecule has 1 saturated heterocycles. The summed E-state index contributed by atoms with van der Waals surface area (Å²) >= 11 is 0. The van der Waals surface area contributed by atoms with Crippen molar-refractivity contribution in [2.24, 2.45) is 5.92 Å². The number of amides is 4. The van der Waals surface area contributed by atoms with Gasteiger partial charge in [0.1, 0.15) is 12.1 Å². The molecule has 0 aromatic carbocycles. The fourth-order valence-electron chi connectivity index (χ4n) is 2.36. The molecule has 0 bridgehead atoms. The summed E-state index contributed by atoms with van der Waals surface area (Å²) in [5.41, 5.74) is 0. The normalized spacial score (nSPS) is 21.8. The van der Waals surface area contributed by atoms with E-state index in [0.717, 1.165) is 4.90 Å². The fraction of sp³-hybridized carbons (Fsp3) is 0.733. The van der Waals surface area contributed by atoms with Gasteiger partial charge in [0.15, 0.2) is 0 Å². The number of likely N-dealkylation sites (tertiary alicyclic amines) is 1. The number of imide groups is 1. The highest BCUT2D eigenvalue weighted by Gasteiger charge is 2.41. The monoisotopic (exact) mass is 327 g/mol. The van der Waals surface area contributed by atoms with Gasteiger partial charge in [-0.1, -0.05) is 6.92 Å². The van der Waals surface area contributed by atoms with Gasteiger partial charge in [0.2, 0.25) is 23.6 Å². The van der Waals surface area contributed by atoms with E-state index >= 15 is 0 Å².